The zero-order valence-electron chi connectivity index (χ0n) is 26.6. The zero-order valence-corrected chi connectivity index (χ0v) is 32.7. The summed E-state index contributed by atoms with van der Waals surface area (Å²) in [5.41, 5.74) is 8.43. The molecule has 8 aromatic carbocycles. The first-order valence-corrected chi connectivity index (χ1v) is 18.6. The Morgan fingerprint density at radius 3 is 1.18 bits per heavy atom. The molecule has 8 aromatic rings. The summed E-state index contributed by atoms with van der Waals surface area (Å²) >= 11 is 39.8. The van der Waals surface area contributed by atoms with Gasteiger partial charge in [0.15, 0.2) is 0 Å². The Morgan fingerprint density at radius 1 is 0.392 bits per heavy atom. The highest BCUT2D eigenvalue weighted by Gasteiger charge is 2.20. The first kappa shape index (κ1) is 37.1. The van der Waals surface area contributed by atoms with Gasteiger partial charge in [-0.3, -0.25) is 0 Å². The van der Waals surface area contributed by atoms with E-state index in [9.17, 15) is 0 Å². The van der Waals surface area contributed by atoms with Gasteiger partial charge in [-0.1, -0.05) is 177 Å². The van der Waals surface area contributed by atoms with E-state index in [1.807, 2.05) is 24.3 Å². The summed E-state index contributed by atoms with van der Waals surface area (Å²) < 4.78 is 1.14. The van der Waals surface area contributed by atoms with Gasteiger partial charge in [-0.2, -0.15) is 0 Å². The van der Waals surface area contributed by atoms with E-state index in [-0.39, 0.29) is 0 Å². The Labute approximate surface area is 335 Å². The summed E-state index contributed by atoms with van der Waals surface area (Å²) in [6.45, 7) is 0. The van der Waals surface area contributed by atoms with Gasteiger partial charge >= 0.3 is 0 Å². The zero-order chi connectivity index (χ0) is 36.1. The van der Waals surface area contributed by atoms with E-state index in [0.717, 1.165) is 26.6 Å². The van der Waals surface area contributed by atoms with Gasteiger partial charge in [-0.05, 0) is 93.0 Å². The predicted octanol–water partition coefficient (Wildman–Crippen LogP) is 16.3. The van der Waals surface area contributed by atoms with Crippen molar-refractivity contribution in [1.29, 1.82) is 0 Å². The second-order valence-corrected chi connectivity index (χ2v) is 14.8. The van der Waals surface area contributed by atoms with Crippen molar-refractivity contribution < 1.29 is 0 Å². The molecule has 0 fully saturated rings. The van der Waals surface area contributed by atoms with Gasteiger partial charge < -0.3 is 10.6 Å². The molecule has 0 aromatic heterocycles. The van der Waals surface area contributed by atoms with Crippen molar-refractivity contribution in [2.24, 2.45) is 0 Å². The molecule has 8 rings (SSSR count). The summed E-state index contributed by atoms with van der Waals surface area (Å²) in [5, 5.41) is 9.95. The third-order valence-corrected chi connectivity index (χ3v) is 10.1. The number of hydrogen-bond acceptors (Lipinski definition) is 2. The lowest BCUT2D eigenvalue weighted by atomic mass is 10.1. The smallest absolute Gasteiger partial charge is 0.0836 e. The van der Waals surface area contributed by atoms with E-state index >= 15 is 0 Å². The van der Waals surface area contributed by atoms with Crippen LogP contribution in [0.4, 0.5) is 22.7 Å². The lowest BCUT2D eigenvalue weighted by Gasteiger charge is -2.28. The summed E-state index contributed by atoms with van der Waals surface area (Å²) in [6, 6.07) is 50.4. The van der Waals surface area contributed by atoms with Crippen LogP contribution in [-0.4, -0.2) is 0 Å². The van der Waals surface area contributed by atoms with Gasteiger partial charge in [0.25, 0.3) is 0 Å². The minimum absolute atomic E-state index is 0.368. The van der Waals surface area contributed by atoms with Crippen molar-refractivity contribution in [1.82, 2.24) is 0 Å². The summed E-state index contributed by atoms with van der Waals surface area (Å²) in [5.74, 6) is 0. The molecule has 2 N–H and O–H groups in total. The van der Waals surface area contributed by atoms with Crippen LogP contribution in [0.5, 0.6) is 0 Å². The molecule has 0 amide bonds. The van der Waals surface area contributed by atoms with Gasteiger partial charge in [0.05, 0.1) is 31.5 Å². The summed E-state index contributed by atoms with van der Waals surface area (Å²) in [7, 11) is 0. The Morgan fingerprint density at radius 2 is 0.745 bits per heavy atom. The first-order chi connectivity index (χ1) is 24.6. The number of nitrogens with two attached hydrogens (primary N) is 1. The van der Waals surface area contributed by atoms with E-state index in [2.05, 4.69) is 124 Å². The number of nitrogen functional groups attached to an aromatic ring is 1. The third kappa shape index (κ3) is 9.06. The molecule has 0 saturated carbocycles. The molecule has 0 bridgehead atoms. The van der Waals surface area contributed by atoms with Gasteiger partial charge in [-0.25, -0.2) is 0 Å². The monoisotopic (exact) mass is 848 g/mol. The number of nitrogens with zero attached hydrogens (tertiary/aromatic N) is 1. The maximum Gasteiger partial charge on any atom is 0.0836 e. The number of fused-ring (bicyclic) bond motifs is 3. The second kappa shape index (κ2) is 16.8. The lowest BCUT2D eigenvalue weighted by molar-refractivity contribution is 1.29. The normalized spacial score (nSPS) is 10.7. The fourth-order valence-electron chi connectivity index (χ4n) is 5.50. The Kier molecular flexibility index (Phi) is 12.2. The molecule has 2 nitrogen and oxygen atoms in total. The number of rotatable bonds is 3. The molecule has 0 radical (unpaired) electrons. The fraction of sp³-hybridized carbons (Fsp3) is 0. The van der Waals surface area contributed by atoms with Crippen molar-refractivity contribution in [2.45, 2.75) is 0 Å². The van der Waals surface area contributed by atoms with Crippen molar-refractivity contribution in [3.05, 3.63) is 186 Å². The Hall–Kier alpha value is -3.64. The van der Waals surface area contributed by atoms with Crippen LogP contribution in [0.2, 0.25) is 30.1 Å². The van der Waals surface area contributed by atoms with E-state index in [4.69, 9.17) is 75.3 Å². The minimum Gasteiger partial charge on any atom is -0.396 e. The van der Waals surface area contributed by atoms with Gasteiger partial charge in [0.2, 0.25) is 0 Å². The SMILES string of the molecule is Brc1ccc2ccccc2c1.Clc1cc(Cl)c(N(c2ccc3ccccc3c2)c2ccc3ccccc3c2)c(Cl)c1.Nc1c(Cl)cc(Cl)cc1Cl. The van der Waals surface area contributed by atoms with Crippen molar-refractivity contribution in [2.75, 3.05) is 10.6 Å². The minimum atomic E-state index is 0.368. The van der Waals surface area contributed by atoms with Crippen LogP contribution in [0.15, 0.2) is 156 Å². The molecule has 9 heteroatoms. The molecule has 51 heavy (non-hydrogen) atoms. The van der Waals surface area contributed by atoms with Crippen LogP contribution in [-0.2, 0) is 0 Å². The molecule has 0 heterocycles. The Balaban J connectivity index is 0.000000173. The van der Waals surface area contributed by atoms with Crippen LogP contribution in [0.25, 0.3) is 32.3 Å². The standard InChI is InChI=1S/C26H16Cl3N.C10H7Br.C6H4Cl3N/c27-21-15-24(28)26(25(29)16-21)30(22-11-9-17-5-1-3-7-19(17)13-22)23-12-10-18-6-2-4-8-20(18)14-23;11-10-6-5-8-3-1-2-4-9(8)7-10;7-3-1-4(8)6(10)5(9)2-3/h1-16H;1-7H;1-2H,10H2. The Bertz CT molecular complexity index is 2380. The van der Waals surface area contributed by atoms with Crippen LogP contribution < -0.4 is 10.6 Å². The van der Waals surface area contributed by atoms with Crippen LogP contribution in [0.3, 0.4) is 0 Å². The summed E-state index contributed by atoms with van der Waals surface area (Å²) in [6.07, 6.45) is 0. The van der Waals surface area contributed by atoms with Crippen molar-refractivity contribution >= 4 is 141 Å². The maximum absolute atomic E-state index is 6.66. The number of hydrogen-bond donors (Lipinski definition) is 1. The molecule has 0 aliphatic carbocycles. The van der Waals surface area contributed by atoms with Gasteiger partial charge in [0, 0.05) is 25.9 Å². The molecular weight excluding hydrogens is 825 g/mol. The largest absolute Gasteiger partial charge is 0.396 e. The summed E-state index contributed by atoms with van der Waals surface area (Å²) in [4.78, 5) is 2.08. The molecule has 0 spiro atoms. The van der Waals surface area contributed by atoms with Crippen LogP contribution in [0.1, 0.15) is 0 Å². The highest BCUT2D eigenvalue weighted by atomic mass is 79.9. The average Bonchev–Trinajstić information content (AvgIpc) is 3.12. The van der Waals surface area contributed by atoms with Crippen LogP contribution in [0, 0.1) is 0 Å². The number of anilines is 4. The van der Waals surface area contributed by atoms with Crippen molar-refractivity contribution in [3.8, 4) is 0 Å². The molecule has 0 aliphatic heterocycles. The predicted molar refractivity (Wildman–Crippen MR) is 229 cm³/mol. The molecule has 254 valence electrons. The average molecular weight is 852 g/mol. The molecule has 0 atom stereocenters. The molecular formula is C42H27BrCl6N2. The second-order valence-electron chi connectivity index (χ2n) is 11.4. The third-order valence-electron chi connectivity index (χ3n) is 7.94. The molecule has 0 saturated heterocycles. The highest BCUT2D eigenvalue weighted by molar-refractivity contribution is 9.10. The highest BCUT2D eigenvalue weighted by Crippen LogP contribution is 2.45. The maximum atomic E-state index is 6.66. The van der Waals surface area contributed by atoms with Crippen LogP contribution >= 0.6 is 85.5 Å². The number of benzene rings is 8. The topological polar surface area (TPSA) is 29.3 Å². The molecule has 0 aliphatic rings. The number of halogens is 7. The van der Waals surface area contributed by atoms with E-state index in [1.54, 1.807) is 24.3 Å². The van der Waals surface area contributed by atoms with E-state index < -0.39 is 0 Å². The fourth-order valence-corrected chi connectivity index (χ4v) is 7.68. The van der Waals surface area contributed by atoms with Gasteiger partial charge in [0.1, 0.15) is 0 Å². The van der Waals surface area contributed by atoms with E-state index in [1.165, 1.54) is 21.5 Å². The molecule has 0 unspecified atom stereocenters. The lowest BCUT2D eigenvalue weighted by Crippen LogP contribution is -2.11. The van der Waals surface area contributed by atoms with Crippen molar-refractivity contribution in [3.63, 3.8) is 0 Å². The quantitative estimate of drug-likeness (QED) is 0.179. The van der Waals surface area contributed by atoms with E-state index in [0.29, 0.717) is 41.5 Å². The first-order valence-electron chi connectivity index (χ1n) is 15.5. The van der Waals surface area contributed by atoms with Gasteiger partial charge in [-0.15, -0.1) is 0 Å².